The minimum Gasteiger partial charge on any atom is -0.383 e. The van der Waals surface area contributed by atoms with E-state index in [0.29, 0.717) is 24.5 Å². The van der Waals surface area contributed by atoms with Gasteiger partial charge in [-0.1, -0.05) is 31.2 Å². The molecule has 0 aliphatic heterocycles. The normalized spacial score (nSPS) is 13.8. The molecule has 1 amide bonds. The lowest BCUT2D eigenvalue weighted by Crippen LogP contribution is -2.28. The van der Waals surface area contributed by atoms with Gasteiger partial charge in [0.2, 0.25) is 0 Å². The zero-order valence-electron chi connectivity index (χ0n) is 12.1. The van der Waals surface area contributed by atoms with Gasteiger partial charge in [-0.3, -0.25) is 9.00 Å². The second-order valence-corrected chi connectivity index (χ2v) is 6.77. The summed E-state index contributed by atoms with van der Waals surface area (Å²) in [5.41, 5.74) is 6.18. The Morgan fingerprint density at radius 2 is 2.14 bits per heavy atom. The molecule has 112 valence electrons. The lowest BCUT2D eigenvalue weighted by molar-refractivity contribution is 0.0948. The van der Waals surface area contributed by atoms with Gasteiger partial charge in [-0.05, 0) is 17.9 Å². The maximum atomic E-state index is 12.1. The standard InChI is InChI=1S/C15H19N3O2S/c1-10(21(2)20)7-8-17-15(19)13-9-11-5-3-4-6-12(11)14(16)18-13/h3-6,9-10H,7-8H2,1-2H3,(H2,16,18)(H,17,19). The fourth-order valence-corrected chi connectivity index (χ4v) is 2.44. The average Bonchev–Trinajstić information content (AvgIpc) is 2.46. The van der Waals surface area contributed by atoms with Crippen LogP contribution in [0.15, 0.2) is 30.3 Å². The lowest BCUT2D eigenvalue weighted by atomic mass is 10.1. The van der Waals surface area contributed by atoms with Crippen LogP contribution in [0.1, 0.15) is 23.8 Å². The van der Waals surface area contributed by atoms with Crippen molar-refractivity contribution in [1.82, 2.24) is 10.3 Å². The molecule has 0 aliphatic carbocycles. The number of hydrogen-bond donors (Lipinski definition) is 2. The molecule has 1 aromatic carbocycles. The Balaban J connectivity index is 2.08. The Bertz CT molecular complexity index is 688. The summed E-state index contributed by atoms with van der Waals surface area (Å²) in [4.78, 5) is 16.2. The van der Waals surface area contributed by atoms with Crippen LogP contribution in [0, 0.1) is 0 Å². The van der Waals surface area contributed by atoms with Gasteiger partial charge in [0.1, 0.15) is 11.5 Å². The lowest BCUT2D eigenvalue weighted by Gasteiger charge is -2.10. The Hall–Kier alpha value is -1.95. The van der Waals surface area contributed by atoms with E-state index in [2.05, 4.69) is 10.3 Å². The van der Waals surface area contributed by atoms with Crippen molar-refractivity contribution in [2.24, 2.45) is 0 Å². The maximum Gasteiger partial charge on any atom is 0.269 e. The first-order valence-corrected chi connectivity index (χ1v) is 8.37. The van der Waals surface area contributed by atoms with E-state index in [1.54, 1.807) is 12.3 Å². The van der Waals surface area contributed by atoms with E-state index in [1.807, 2.05) is 31.2 Å². The highest BCUT2D eigenvalue weighted by atomic mass is 32.2. The van der Waals surface area contributed by atoms with Gasteiger partial charge in [-0.25, -0.2) is 4.98 Å². The van der Waals surface area contributed by atoms with Gasteiger partial charge in [0, 0.05) is 34.2 Å². The van der Waals surface area contributed by atoms with Crippen LogP contribution in [0.3, 0.4) is 0 Å². The number of amides is 1. The van der Waals surface area contributed by atoms with Crippen molar-refractivity contribution < 1.29 is 9.00 Å². The fraction of sp³-hybridized carbons (Fsp3) is 0.333. The second-order valence-electron chi connectivity index (χ2n) is 4.97. The zero-order chi connectivity index (χ0) is 15.4. The summed E-state index contributed by atoms with van der Waals surface area (Å²) >= 11 is 0. The van der Waals surface area contributed by atoms with E-state index >= 15 is 0 Å². The number of nitrogens with zero attached hydrogens (tertiary/aromatic N) is 1. The summed E-state index contributed by atoms with van der Waals surface area (Å²) in [5.74, 6) is 0.0859. The summed E-state index contributed by atoms with van der Waals surface area (Å²) in [6, 6.07) is 9.26. The third-order valence-electron chi connectivity index (χ3n) is 3.41. The summed E-state index contributed by atoms with van der Waals surface area (Å²) < 4.78 is 11.3. The summed E-state index contributed by atoms with van der Waals surface area (Å²) in [5, 5.41) is 4.56. The maximum absolute atomic E-state index is 12.1. The second kappa shape index (κ2) is 6.67. The molecule has 0 saturated carbocycles. The van der Waals surface area contributed by atoms with Crippen LogP contribution in [0.2, 0.25) is 0 Å². The Morgan fingerprint density at radius 1 is 1.43 bits per heavy atom. The summed E-state index contributed by atoms with van der Waals surface area (Å²) in [6.45, 7) is 2.36. The smallest absolute Gasteiger partial charge is 0.269 e. The van der Waals surface area contributed by atoms with E-state index in [9.17, 15) is 9.00 Å². The Labute approximate surface area is 126 Å². The van der Waals surface area contributed by atoms with E-state index in [0.717, 1.165) is 10.8 Å². The third-order valence-corrected chi connectivity index (χ3v) is 4.77. The molecule has 2 aromatic rings. The molecular weight excluding hydrogens is 286 g/mol. The predicted molar refractivity (Wildman–Crippen MR) is 86.6 cm³/mol. The first-order chi connectivity index (χ1) is 9.99. The average molecular weight is 305 g/mol. The van der Waals surface area contributed by atoms with E-state index in [4.69, 9.17) is 5.73 Å². The largest absolute Gasteiger partial charge is 0.383 e. The van der Waals surface area contributed by atoms with Crippen LogP contribution in [0.5, 0.6) is 0 Å². The van der Waals surface area contributed by atoms with Gasteiger partial charge in [0.15, 0.2) is 0 Å². The van der Waals surface area contributed by atoms with Gasteiger partial charge in [-0.15, -0.1) is 0 Å². The van der Waals surface area contributed by atoms with Crippen LogP contribution in [-0.2, 0) is 10.8 Å². The highest BCUT2D eigenvalue weighted by molar-refractivity contribution is 7.84. The van der Waals surface area contributed by atoms with Crippen molar-refractivity contribution in [3.05, 3.63) is 36.0 Å². The van der Waals surface area contributed by atoms with Gasteiger partial charge in [-0.2, -0.15) is 0 Å². The van der Waals surface area contributed by atoms with Crippen LogP contribution in [-0.4, -0.2) is 33.2 Å². The first-order valence-electron chi connectivity index (χ1n) is 6.74. The van der Waals surface area contributed by atoms with Gasteiger partial charge in [0.05, 0.1) is 0 Å². The molecule has 21 heavy (non-hydrogen) atoms. The monoisotopic (exact) mass is 305 g/mol. The number of anilines is 1. The molecule has 1 aromatic heterocycles. The molecule has 3 N–H and O–H groups in total. The predicted octanol–water partition coefficient (Wildman–Crippen LogP) is 1.70. The van der Waals surface area contributed by atoms with Gasteiger partial charge < -0.3 is 11.1 Å². The fourth-order valence-electron chi connectivity index (χ4n) is 1.99. The molecule has 0 saturated heterocycles. The SMILES string of the molecule is CC(CCNC(=O)c1cc2ccccc2c(N)n1)S(C)=O. The Kier molecular flexibility index (Phi) is 4.90. The van der Waals surface area contributed by atoms with Crippen molar-refractivity contribution in [3.8, 4) is 0 Å². The summed E-state index contributed by atoms with van der Waals surface area (Å²) in [7, 11) is -0.879. The minimum atomic E-state index is -0.879. The highest BCUT2D eigenvalue weighted by Gasteiger charge is 2.11. The number of hydrogen-bond acceptors (Lipinski definition) is 4. The number of carbonyl (C=O) groups excluding carboxylic acids is 1. The Morgan fingerprint density at radius 3 is 2.86 bits per heavy atom. The number of fused-ring (bicyclic) bond motifs is 1. The van der Waals surface area contributed by atoms with Crippen LogP contribution >= 0.6 is 0 Å². The molecule has 0 aliphatic rings. The molecule has 2 unspecified atom stereocenters. The molecular formula is C15H19N3O2S. The van der Waals surface area contributed by atoms with E-state index < -0.39 is 10.8 Å². The molecule has 2 atom stereocenters. The number of nitrogen functional groups attached to an aromatic ring is 1. The molecule has 0 bridgehead atoms. The topological polar surface area (TPSA) is 85.1 Å². The van der Waals surface area contributed by atoms with E-state index in [1.165, 1.54) is 0 Å². The number of carbonyl (C=O) groups is 1. The molecule has 0 radical (unpaired) electrons. The van der Waals surface area contributed by atoms with Gasteiger partial charge >= 0.3 is 0 Å². The van der Waals surface area contributed by atoms with Gasteiger partial charge in [0.25, 0.3) is 5.91 Å². The summed E-state index contributed by atoms with van der Waals surface area (Å²) in [6.07, 6.45) is 2.33. The number of benzene rings is 1. The minimum absolute atomic E-state index is 0.0555. The van der Waals surface area contributed by atoms with Crippen LogP contribution < -0.4 is 11.1 Å². The molecule has 1 heterocycles. The quantitative estimate of drug-likeness (QED) is 0.880. The number of nitrogens with two attached hydrogens (primary N) is 1. The first kappa shape index (κ1) is 15.4. The molecule has 2 rings (SSSR count). The third kappa shape index (κ3) is 3.78. The molecule has 6 heteroatoms. The van der Waals surface area contributed by atoms with Crippen molar-refractivity contribution in [2.75, 3.05) is 18.5 Å². The van der Waals surface area contributed by atoms with Crippen molar-refractivity contribution in [1.29, 1.82) is 0 Å². The number of pyridine rings is 1. The van der Waals surface area contributed by atoms with Crippen LogP contribution in [0.4, 0.5) is 5.82 Å². The zero-order valence-corrected chi connectivity index (χ0v) is 12.9. The van der Waals surface area contributed by atoms with Crippen molar-refractivity contribution >= 4 is 33.3 Å². The number of nitrogens with one attached hydrogen (secondary N) is 1. The number of aromatic nitrogens is 1. The molecule has 0 fully saturated rings. The van der Waals surface area contributed by atoms with E-state index in [-0.39, 0.29) is 11.2 Å². The number of rotatable bonds is 5. The molecule has 0 spiro atoms. The van der Waals surface area contributed by atoms with Crippen molar-refractivity contribution in [3.63, 3.8) is 0 Å². The molecule has 5 nitrogen and oxygen atoms in total. The van der Waals surface area contributed by atoms with Crippen molar-refractivity contribution in [2.45, 2.75) is 18.6 Å². The highest BCUT2D eigenvalue weighted by Crippen LogP contribution is 2.19. The van der Waals surface area contributed by atoms with Crippen LogP contribution in [0.25, 0.3) is 10.8 Å².